The minimum absolute atomic E-state index is 0.0147. The van der Waals surface area contributed by atoms with Crippen LogP contribution >= 0.6 is 0 Å². The molecule has 0 aliphatic carbocycles. The molecular formula is C17H17N5O. The molecule has 23 heavy (non-hydrogen) atoms. The van der Waals surface area contributed by atoms with Crippen molar-refractivity contribution >= 4 is 22.8 Å². The van der Waals surface area contributed by atoms with Crippen molar-refractivity contribution in [3.63, 3.8) is 0 Å². The molecule has 0 bridgehead atoms. The van der Waals surface area contributed by atoms with Crippen LogP contribution in [0, 0.1) is 0 Å². The number of urea groups is 1. The molecule has 1 aliphatic heterocycles. The Kier molecular flexibility index (Phi) is 3.42. The van der Waals surface area contributed by atoms with Gasteiger partial charge in [0.2, 0.25) is 0 Å². The molecule has 1 unspecified atom stereocenters. The van der Waals surface area contributed by atoms with E-state index >= 15 is 0 Å². The molecule has 3 heterocycles. The Hall–Kier alpha value is -2.89. The number of para-hydroxylation sites is 2. The van der Waals surface area contributed by atoms with Crippen LogP contribution < -0.4 is 5.32 Å². The van der Waals surface area contributed by atoms with Gasteiger partial charge in [0.1, 0.15) is 5.82 Å². The van der Waals surface area contributed by atoms with Gasteiger partial charge in [0.05, 0.1) is 29.0 Å². The first-order valence-electron chi connectivity index (χ1n) is 7.73. The number of H-pyrrole nitrogens is 1. The van der Waals surface area contributed by atoms with Gasteiger partial charge >= 0.3 is 6.03 Å². The number of aromatic amines is 1. The van der Waals surface area contributed by atoms with E-state index in [4.69, 9.17) is 0 Å². The third kappa shape index (κ3) is 2.63. The van der Waals surface area contributed by atoms with Gasteiger partial charge in [-0.3, -0.25) is 4.98 Å². The third-order valence-electron chi connectivity index (χ3n) is 4.15. The molecule has 4 rings (SSSR count). The molecule has 6 nitrogen and oxygen atoms in total. The fraction of sp³-hybridized carbons (Fsp3) is 0.235. The summed E-state index contributed by atoms with van der Waals surface area (Å²) in [6.45, 7) is 0.730. The van der Waals surface area contributed by atoms with Gasteiger partial charge in [-0.25, -0.2) is 9.78 Å². The fourth-order valence-electron chi connectivity index (χ4n) is 3.06. The number of likely N-dealkylation sites (tertiary alicyclic amines) is 1. The quantitative estimate of drug-likeness (QED) is 0.762. The van der Waals surface area contributed by atoms with E-state index in [2.05, 4.69) is 20.3 Å². The van der Waals surface area contributed by atoms with Crippen LogP contribution in [-0.2, 0) is 0 Å². The van der Waals surface area contributed by atoms with Gasteiger partial charge in [-0.05, 0) is 37.1 Å². The first-order valence-corrected chi connectivity index (χ1v) is 7.73. The molecule has 0 spiro atoms. The number of hydrogen-bond acceptors (Lipinski definition) is 3. The largest absolute Gasteiger partial charge is 0.340 e. The van der Waals surface area contributed by atoms with Gasteiger partial charge in [-0.15, -0.1) is 0 Å². The maximum Gasteiger partial charge on any atom is 0.322 e. The van der Waals surface area contributed by atoms with E-state index in [1.165, 1.54) is 0 Å². The Morgan fingerprint density at radius 1 is 1.26 bits per heavy atom. The summed E-state index contributed by atoms with van der Waals surface area (Å²) in [5, 5.41) is 2.90. The molecule has 116 valence electrons. The summed E-state index contributed by atoms with van der Waals surface area (Å²) < 4.78 is 0. The number of fused-ring (bicyclic) bond motifs is 1. The number of carbonyl (C=O) groups is 1. The number of nitrogens with zero attached hydrogens (tertiary/aromatic N) is 3. The van der Waals surface area contributed by atoms with Crippen molar-refractivity contribution in [3.05, 3.63) is 54.6 Å². The third-order valence-corrected chi connectivity index (χ3v) is 4.15. The summed E-state index contributed by atoms with van der Waals surface area (Å²) in [7, 11) is 0. The minimum Gasteiger partial charge on any atom is -0.340 e. The highest BCUT2D eigenvalue weighted by Gasteiger charge is 2.32. The first kappa shape index (κ1) is 13.8. The minimum atomic E-state index is -0.110. The highest BCUT2D eigenvalue weighted by molar-refractivity contribution is 5.89. The Morgan fingerprint density at radius 2 is 2.17 bits per heavy atom. The lowest BCUT2D eigenvalue weighted by atomic mass is 10.2. The highest BCUT2D eigenvalue weighted by Crippen LogP contribution is 2.31. The van der Waals surface area contributed by atoms with Crippen LogP contribution in [0.3, 0.4) is 0 Å². The predicted octanol–water partition coefficient (Wildman–Crippen LogP) is 3.33. The van der Waals surface area contributed by atoms with Crippen molar-refractivity contribution in [2.75, 3.05) is 11.9 Å². The van der Waals surface area contributed by atoms with E-state index < -0.39 is 0 Å². The number of imidazole rings is 1. The van der Waals surface area contributed by atoms with E-state index in [1.54, 1.807) is 18.5 Å². The fourth-order valence-corrected chi connectivity index (χ4v) is 3.06. The average Bonchev–Trinajstić information content (AvgIpc) is 3.22. The summed E-state index contributed by atoms with van der Waals surface area (Å²) in [6, 6.07) is 11.4. The summed E-state index contributed by atoms with van der Waals surface area (Å²) in [6.07, 6.45) is 5.22. The standard InChI is InChI=1S/C17H17N5O/c23-17(19-12-5-3-9-18-11-12)22-10-4-8-15(22)16-20-13-6-1-2-7-14(13)21-16/h1-3,5-7,9,11,15H,4,8,10H2,(H,19,23)(H,20,21). The second-order valence-corrected chi connectivity index (χ2v) is 5.66. The van der Waals surface area contributed by atoms with Crippen LogP contribution in [0.15, 0.2) is 48.8 Å². The van der Waals surface area contributed by atoms with Crippen LogP contribution in [0.1, 0.15) is 24.7 Å². The normalized spacial score (nSPS) is 17.6. The molecular weight excluding hydrogens is 290 g/mol. The number of pyridine rings is 1. The smallest absolute Gasteiger partial charge is 0.322 e. The zero-order valence-electron chi connectivity index (χ0n) is 12.6. The van der Waals surface area contributed by atoms with E-state index in [9.17, 15) is 4.79 Å². The summed E-state index contributed by atoms with van der Waals surface area (Å²) in [5.74, 6) is 0.852. The highest BCUT2D eigenvalue weighted by atomic mass is 16.2. The molecule has 2 aromatic heterocycles. The second-order valence-electron chi connectivity index (χ2n) is 5.66. The van der Waals surface area contributed by atoms with Crippen LogP contribution in [0.4, 0.5) is 10.5 Å². The summed E-state index contributed by atoms with van der Waals surface area (Å²) in [5.41, 5.74) is 2.64. The maximum atomic E-state index is 12.6. The molecule has 1 atom stereocenters. The number of hydrogen-bond donors (Lipinski definition) is 2. The Morgan fingerprint density at radius 3 is 3.00 bits per heavy atom. The van der Waals surface area contributed by atoms with E-state index in [0.717, 1.165) is 36.2 Å². The van der Waals surface area contributed by atoms with Gasteiger partial charge in [-0.1, -0.05) is 12.1 Å². The number of benzene rings is 1. The Bertz CT molecular complexity index is 796. The lowest BCUT2D eigenvalue weighted by molar-refractivity contribution is 0.205. The summed E-state index contributed by atoms with van der Waals surface area (Å²) in [4.78, 5) is 26.4. The number of carbonyl (C=O) groups excluding carboxylic acids is 1. The van der Waals surface area contributed by atoms with Crippen molar-refractivity contribution in [2.45, 2.75) is 18.9 Å². The second kappa shape index (κ2) is 5.72. The zero-order valence-corrected chi connectivity index (χ0v) is 12.6. The molecule has 2 N–H and O–H groups in total. The maximum absolute atomic E-state index is 12.6. The molecule has 1 aromatic carbocycles. The lowest BCUT2D eigenvalue weighted by Gasteiger charge is -2.23. The van der Waals surface area contributed by atoms with Gasteiger partial charge in [0.15, 0.2) is 0 Å². The number of nitrogens with one attached hydrogen (secondary N) is 2. The topological polar surface area (TPSA) is 73.9 Å². The predicted molar refractivity (Wildman–Crippen MR) is 88.0 cm³/mol. The van der Waals surface area contributed by atoms with Gasteiger partial charge in [-0.2, -0.15) is 0 Å². The molecule has 0 radical (unpaired) electrons. The van der Waals surface area contributed by atoms with Crippen molar-refractivity contribution in [2.24, 2.45) is 0 Å². The average molecular weight is 307 g/mol. The van der Waals surface area contributed by atoms with Gasteiger partial charge in [0, 0.05) is 12.7 Å². The molecule has 6 heteroatoms. The molecule has 2 amide bonds. The Balaban J connectivity index is 1.57. The number of anilines is 1. The van der Waals surface area contributed by atoms with E-state index in [-0.39, 0.29) is 12.1 Å². The number of rotatable bonds is 2. The SMILES string of the molecule is O=C(Nc1cccnc1)N1CCCC1c1nc2ccccc2[nH]1. The molecule has 1 saturated heterocycles. The van der Waals surface area contributed by atoms with Crippen LogP contribution in [-0.4, -0.2) is 32.4 Å². The number of amides is 2. The van der Waals surface area contributed by atoms with Crippen molar-refractivity contribution in [3.8, 4) is 0 Å². The van der Waals surface area contributed by atoms with Crippen LogP contribution in [0.2, 0.25) is 0 Å². The van der Waals surface area contributed by atoms with Crippen molar-refractivity contribution in [1.82, 2.24) is 19.9 Å². The summed E-state index contributed by atoms with van der Waals surface area (Å²) >= 11 is 0. The lowest BCUT2D eigenvalue weighted by Crippen LogP contribution is -2.34. The molecule has 3 aromatic rings. The zero-order chi connectivity index (χ0) is 15.6. The van der Waals surface area contributed by atoms with Gasteiger partial charge in [0.25, 0.3) is 0 Å². The number of aromatic nitrogens is 3. The van der Waals surface area contributed by atoms with Crippen molar-refractivity contribution < 1.29 is 4.79 Å². The monoisotopic (exact) mass is 307 g/mol. The van der Waals surface area contributed by atoms with Gasteiger partial charge < -0.3 is 15.2 Å². The first-order chi connectivity index (χ1) is 11.3. The molecule has 1 aliphatic rings. The van der Waals surface area contributed by atoms with E-state index in [0.29, 0.717) is 5.69 Å². The molecule has 1 fully saturated rings. The van der Waals surface area contributed by atoms with Crippen molar-refractivity contribution in [1.29, 1.82) is 0 Å². The molecule has 0 saturated carbocycles. The van der Waals surface area contributed by atoms with Crippen LogP contribution in [0.5, 0.6) is 0 Å². The van der Waals surface area contributed by atoms with Crippen LogP contribution in [0.25, 0.3) is 11.0 Å². The van der Waals surface area contributed by atoms with E-state index in [1.807, 2.05) is 35.2 Å². The Labute approximate surface area is 133 Å².